The van der Waals surface area contributed by atoms with Gasteiger partial charge >= 0.3 is 0 Å². The second kappa shape index (κ2) is 21.7. The lowest BCUT2D eigenvalue weighted by atomic mass is 9.79. The molecule has 0 bridgehead atoms. The highest BCUT2D eigenvalue weighted by atomic mass is 16.1. The molecule has 0 aromatic carbocycles. The Kier molecular flexibility index (Phi) is 20.1. The van der Waals surface area contributed by atoms with E-state index in [0.717, 1.165) is 50.1 Å². The van der Waals surface area contributed by atoms with Crippen LogP contribution in [0.5, 0.6) is 0 Å². The third kappa shape index (κ3) is 17.8. The molecular formula is C31H62N2O. The first-order valence-electron chi connectivity index (χ1n) is 15.4. The van der Waals surface area contributed by atoms with Crippen LogP contribution in [-0.4, -0.2) is 26.0 Å². The Morgan fingerprint density at radius 1 is 0.676 bits per heavy atom. The van der Waals surface area contributed by atoms with E-state index in [-0.39, 0.29) is 0 Å². The van der Waals surface area contributed by atoms with E-state index in [2.05, 4.69) is 31.4 Å². The lowest BCUT2D eigenvalue weighted by molar-refractivity contribution is -0.126. The quantitative estimate of drug-likeness (QED) is 0.153. The molecular weight excluding hydrogens is 416 g/mol. The van der Waals surface area contributed by atoms with Crippen LogP contribution in [0.25, 0.3) is 0 Å². The molecule has 0 saturated heterocycles. The summed E-state index contributed by atoms with van der Waals surface area (Å²) in [6, 6.07) is 0. The first-order valence-corrected chi connectivity index (χ1v) is 15.4. The molecule has 0 radical (unpaired) electrons. The summed E-state index contributed by atoms with van der Waals surface area (Å²) in [5.74, 6) is 3.25. The van der Waals surface area contributed by atoms with Gasteiger partial charge < -0.3 is 10.6 Å². The monoisotopic (exact) mass is 478 g/mol. The van der Waals surface area contributed by atoms with E-state index in [1.807, 2.05) is 7.05 Å². The van der Waals surface area contributed by atoms with E-state index in [9.17, 15) is 4.79 Å². The summed E-state index contributed by atoms with van der Waals surface area (Å²) in [7, 11) is 2.04. The first-order chi connectivity index (χ1) is 16.5. The lowest BCUT2D eigenvalue weighted by Crippen LogP contribution is -2.33. The van der Waals surface area contributed by atoms with Crippen molar-refractivity contribution >= 4 is 5.91 Å². The Labute approximate surface area is 214 Å². The Balaban J connectivity index is 1.91. The van der Waals surface area contributed by atoms with Gasteiger partial charge in [0.15, 0.2) is 0 Å². The number of rotatable bonds is 22. The van der Waals surface area contributed by atoms with Crippen LogP contribution in [0.3, 0.4) is 0 Å². The van der Waals surface area contributed by atoms with Gasteiger partial charge in [0.1, 0.15) is 0 Å². The van der Waals surface area contributed by atoms with Gasteiger partial charge in [0, 0.05) is 12.5 Å². The van der Waals surface area contributed by atoms with Crippen molar-refractivity contribution in [3.8, 4) is 0 Å². The smallest absolute Gasteiger partial charge is 0.223 e. The van der Waals surface area contributed by atoms with Crippen LogP contribution in [0.2, 0.25) is 0 Å². The SMILES string of the molecule is CNCCCCCCCCCCCCNC(=O)C1CCC(CCCC(C)CCCC(C)C)CC1. The second-order valence-corrected chi connectivity index (χ2v) is 12.0. The van der Waals surface area contributed by atoms with Crippen molar-refractivity contribution in [3.63, 3.8) is 0 Å². The fourth-order valence-corrected chi connectivity index (χ4v) is 5.68. The van der Waals surface area contributed by atoms with Gasteiger partial charge in [-0.1, -0.05) is 111 Å². The maximum atomic E-state index is 12.5. The number of amides is 1. The zero-order chi connectivity index (χ0) is 24.9. The Morgan fingerprint density at radius 3 is 1.76 bits per heavy atom. The maximum Gasteiger partial charge on any atom is 0.223 e. The van der Waals surface area contributed by atoms with E-state index in [1.165, 1.54) is 109 Å². The molecule has 1 unspecified atom stereocenters. The minimum Gasteiger partial charge on any atom is -0.356 e. The average molecular weight is 479 g/mol. The topological polar surface area (TPSA) is 41.1 Å². The van der Waals surface area contributed by atoms with Crippen molar-refractivity contribution in [1.82, 2.24) is 10.6 Å². The Hall–Kier alpha value is -0.570. The van der Waals surface area contributed by atoms with Crippen LogP contribution in [0, 0.1) is 23.7 Å². The number of carbonyl (C=O) groups is 1. The third-order valence-electron chi connectivity index (χ3n) is 8.16. The van der Waals surface area contributed by atoms with Gasteiger partial charge in [-0.05, 0) is 69.9 Å². The highest BCUT2D eigenvalue weighted by Crippen LogP contribution is 2.32. The van der Waals surface area contributed by atoms with Crippen LogP contribution >= 0.6 is 0 Å². The van der Waals surface area contributed by atoms with Crippen molar-refractivity contribution in [2.75, 3.05) is 20.1 Å². The molecule has 202 valence electrons. The summed E-state index contributed by atoms with van der Waals surface area (Å²) in [6.45, 7) is 9.16. The molecule has 1 saturated carbocycles. The van der Waals surface area contributed by atoms with Crippen molar-refractivity contribution in [3.05, 3.63) is 0 Å². The highest BCUT2D eigenvalue weighted by molar-refractivity contribution is 5.78. The van der Waals surface area contributed by atoms with Crippen LogP contribution < -0.4 is 10.6 Å². The zero-order valence-electron chi connectivity index (χ0n) is 23.8. The molecule has 1 aliphatic carbocycles. The van der Waals surface area contributed by atoms with E-state index >= 15 is 0 Å². The molecule has 0 spiro atoms. The molecule has 0 heterocycles. The van der Waals surface area contributed by atoms with Crippen molar-refractivity contribution in [2.45, 2.75) is 149 Å². The van der Waals surface area contributed by atoms with Crippen LogP contribution in [0.15, 0.2) is 0 Å². The number of unbranched alkanes of at least 4 members (excludes halogenated alkanes) is 9. The van der Waals surface area contributed by atoms with Crippen LogP contribution in [-0.2, 0) is 4.79 Å². The number of carbonyl (C=O) groups excluding carboxylic acids is 1. The zero-order valence-corrected chi connectivity index (χ0v) is 23.8. The van der Waals surface area contributed by atoms with Crippen LogP contribution in [0.1, 0.15) is 149 Å². The molecule has 1 atom stereocenters. The lowest BCUT2D eigenvalue weighted by Gasteiger charge is -2.28. The molecule has 0 aliphatic heterocycles. The normalized spacial score (nSPS) is 19.4. The molecule has 3 heteroatoms. The summed E-state index contributed by atoms with van der Waals surface area (Å²) >= 11 is 0. The highest BCUT2D eigenvalue weighted by Gasteiger charge is 2.25. The first kappa shape index (κ1) is 31.5. The van der Waals surface area contributed by atoms with Gasteiger partial charge in [0.25, 0.3) is 0 Å². The van der Waals surface area contributed by atoms with E-state index in [4.69, 9.17) is 0 Å². The number of nitrogens with one attached hydrogen (secondary N) is 2. The minimum absolute atomic E-state index is 0.291. The minimum atomic E-state index is 0.291. The fourth-order valence-electron chi connectivity index (χ4n) is 5.68. The molecule has 0 aromatic rings. The van der Waals surface area contributed by atoms with E-state index < -0.39 is 0 Å². The molecule has 34 heavy (non-hydrogen) atoms. The average Bonchev–Trinajstić information content (AvgIpc) is 2.82. The summed E-state index contributed by atoms with van der Waals surface area (Å²) in [4.78, 5) is 12.5. The van der Waals surface area contributed by atoms with Gasteiger partial charge in [-0.25, -0.2) is 0 Å². The Bertz CT molecular complexity index is 456. The molecule has 2 N–H and O–H groups in total. The van der Waals surface area contributed by atoms with Gasteiger partial charge in [-0.15, -0.1) is 0 Å². The standard InChI is InChI=1S/C31H62N2O/c1-27(2)17-15-18-28(3)19-16-20-29-21-23-30(24-22-29)31(34)33-26-14-12-10-8-6-5-7-9-11-13-25-32-4/h27-30,32H,5-26H2,1-4H3,(H,33,34). The largest absolute Gasteiger partial charge is 0.356 e. The molecule has 3 nitrogen and oxygen atoms in total. The van der Waals surface area contributed by atoms with Gasteiger partial charge in [-0.2, -0.15) is 0 Å². The summed E-state index contributed by atoms with van der Waals surface area (Å²) < 4.78 is 0. The van der Waals surface area contributed by atoms with Crippen LogP contribution in [0.4, 0.5) is 0 Å². The van der Waals surface area contributed by atoms with E-state index in [1.54, 1.807) is 0 Å². The summed E-state index contributed by atoms with van der Waals surface area (Å²) in [6.07, 6.45) is 26.6. The van der Waals surface area contributed by atoms with Crippen molar-refractivity contribution in [1.29, 1.82) is 0 Å². The molecule has 1 fully saturated rings. The fraction of sp³-hybridized carbons (Fsp3) is 0.968. The van der Waals surface area contributed by atoms with Crippen molar-refractivity contribution in [2.24, 2.45) is 23.7 Å². The molecule has 1 amide bonds. The predicted octanol–water partition coefficient (Wildman–Crippen LogP) is 8.66. The number of hydrogen-bond donors (Lipinski definition) is 2. The van der Waals surface area contributed by atoms with Gasteiger partial charge in [0.05, 0.1) is 0 Å². The van der Waals surface area contributed by atoms with Crippen molar-refractivity contribution < 1.29 is 4.79 Å². The predicted molar refractivity (Wildman–Crippen MR) is 150 cm³/mol. The Morgan fingerprint density at radius 2 is 1.21 bits per heavy atom. The third-order valence-corrected chi connectivity index (χ3v) is 8.16. The van der Waals surface area contributed by atoms with Gasteiger partial charge in [0.2, 0.25) is 5.91 Å². The van der Waals surface area contributed by atoms with E-state index in [0.29, 0.717) is 11.8 Å². The molecule has 0 aromatic heterocycles. The molecule has 1 rings (SSSR count). The maximum absolute atomic E-state index is 12.5. The molecule has 1 aliphatic rings. The number of hydrogen-bond acceptors (Lipinski definition) is 2. The second-order valence-electron chi connectivity index (χ2n) is 12.0. The van der Waals surface area contributed by atoms with Gasteiger partial charge in [-0.3, -0.25) is 4.79 Å². The summed E-state index contributed by atoms with van der Waals surface area (Å²) in [5, 5.41) is 6.46. The summed E-state index contributed by atoms with van der Waals surface area (Å²) in [5.41, 5.74) is 0.